The van der Waals surface area contributed by atoms with Gasteiger partial charge in [-0.25, -0.2) is 0 Å². The predicted octanol–water partition coefficient (Wildman–Crippen LogP) is -1.16. The molecule has 1 aliphatic heterocycles. The molecule has 1 heterocycles. The third-order valence-corrected chi connectivity index (χ3v) is 3.07. The van der Waals surface area contributed by atoms with Crippen molar-refractivity contribution in [2.45, 2.75) is 45.1 Å². The summed E-state index contributed by atoms with van der Waals surface area (Å²) in [7, 11) is 1.71. The van der Waals surface area contributed by atoms with Crippen molar-refractivity contribution in [1.29, 1.82) is 0 Å². The normalized spacial score (nSPS) is 35.9. The minimum Gasteiger partial charge on any atom is -0.463 e. The van der Waals surface area contributed by atoms with Crippen molar-refractivity contribution in [1.82, 2.24) is 0 Å². The Balaban J connectivity index is 2.64. The second-order valence-electron chi connectivity index (χ2n) is 4.61. The van der Waals surface area contributed by atoms with Crippen LogP contribution in [-0.2, 0) is 23.8 Å². The van der Waals surface area contributed by atoms with Gasteiger partial charge in [0.1, 0.15) is 20.6 Å². The van der Waals surface area contributed by atoms with Crippen LogP contribution in [-0.4, -0.2) is 55.8 Å². The lowest BCUT2D eigenvalue weighted by molar-refractivity contribution is -0.203. The molecule has 0 aliphatic carbocycles. The van der Waals surface area contributed by atoms with E-state index in [-0.39, 0.29) is 12.5 Å². The maximum Gasteiger partial charge on any atom is 0.303 e. The Morgan fingerprint density at radius 3 is 2.44 bits per heavy atom. The van der Waals surface area contributed by atoms with E-state index in [0.29, 0.717) is 0 Å². The van der Waals surface area contributed by atoms with E-state index >= 15 is 0 Å². The number of carbonyl (C=O) groups is 2. The van der Waals surface area contributed by atoms with Gasteiger partial charge in [0.05, 0.1) is 18.2 Å². The zero-order valence-corrected chi connectivity index (χ0v) is 11.1. The monoisotopic (exact) mass is 258 g/mol. The van der Waals surface area contributed by atoms with Gasteiger partial charge in [-0.15, -0.1) is 0 Å². The summed E-state index contributed by atoms with van der Waals surface area (Å²) in [6, 6.07) is -0.444. The molecule has 1 aliphatic rings. The number of hydrogen-bond acceptors (Lipinski definition) is 6. The lowest BCUT2D eigenvalue weighted by Crippen LogP contribution is -2.56. The number of esters is 2. The minimum atomic E-state index is -0.835. The number of carbonyl (C=O) groups excluding carboxylic acids is 2. The molecule has 6 nitrogen and oxygen atoms in total. The highest BCUT2D eigenvalue weighted by Gasteiger charge is 2.43. The van der Waals surface area contributed by atoms with Crippen LogP contribution in [0.4, 0.5) is 0 Å². The summed E-state index contributed by atoms with van der Waals surface area (Å²) in [5, 5.41) is 10.1. The van der Waals surface area contributed by atoms with E-state index in [4.69, 9.17) is 14.2 Å². The van der Waals surface area contributed by atoms with Crippen LogP contribution in [0.25, 0.3) is 0 Å². The van der Waals surface area contributed by atoms with E-state index in [9.17, 15) is 14.7 Å². The molecule has 0 aromatic heterocycles. The molecule has 0 aromatic rings. The molecule has 0 saturated carbocycles. The van der Waals surface area contributed by atoms with Gasteiger partial charge < -0.3 is 19.3 Å². The first-order valence-electron chi connectivity index (χ1n) is 5.97. The zero-order chi connectivity index (χ0) is 13.9. The molecular weight excluding hydrogens is 239 g/mol. The lowest BCUT2D eigenvalue weighted by atomic mass is 9.81. The first-order chi connectivity index (χ1) is 8.32. The van der Waals surface area contributed by atoms with Gasteiger partial charge in [0, 0.05) is 19.8 Å². The molecule has 5 atom stereocenters. The van der Waals surface area contributed by atoms with Crippen molar-refractivity contribution >= 4 is 19.8 Å². The van der Waals surface area contributed by atoms with Crippen LogP contribution in [0.5, 0.6) is 0 Å². The largest absolute Gasteiger partial charge is 0.463 e. The molecule has 0 amide bonds. The van der Waals surface area contributed by atoms with Gasteiger partial charge in [-0.2, -0.15) is 0 Å². The average Bonchev–Trinajstić information content (AvgIpc) is 2.27. The summed E-state index contributed by atoms with van der Waals surface area (Å²) in [5.41, 5.74) is 0. The first-order valence-corrected chi connectivity index (χ1v) is 5.97. The molecule has 0 unspecified atom stereocenters. The fraction of sp³-hybridized carbons (Fsp3) is 0.818. The zero-order valence-electron chi connectivity index (χ0n) is 11.1. The maximum atomic E-state index is 10.9. The molecule has 0 bridgehead atoms. The van der Waals surface area contributed by atoms with Crippen LogP contribution in [0.15, 0.2) is 0 Å². The van der Waals surface area contributed by atoms with Crippen LogP contribution in [0.1, 0.15) is 20.8 Å². The number of aliphatic hydroxyl groups is 1. The van der Waals surface area contributed by atoms with E-state index in [1.54, 1.807) is 14.8 Å². The van der Waals surface area contributed by atoms with Gasteiger partial charge in [-0.3, -0.25) is 9.59 Å². The van der Waals surface area contributed by atoms with Crippen LogP contribution in [0.3, 0.4) is 0 Å². The van der Waals surface area contributed by atoms with E-state index in [1.165, 1.54) is 13.8 Å². The summed E-state index contributed by atoms with van der Waals surface area (Å²) in [6.07, 6.45) is -1.92. The fourth-order valence-electron chi connectivity index (χ4n) is 2.02. The van der Waals surface area contributed by atoms with Gasteiger partial charge in [-0.1, -0.05) is 6.92 Å². The van der Waals surface area contributed by atoms with Crippen LogP contribution < -0.4 is 0 Å². The van der Waals surface area contributed by atoms with E-state index in [2.05, 4.69) is 0 Å². The third kappa shape index (κ3) is 3.71. The highest BCUT2D eigenvalue weighted by atomic mass is 16.6. The topological polar surface area (TPSA) is 82.1 Å². The Hall–Kier alpha value is -1.08. The molecule has 18 heavy (non-hydrogen) atoms. The van der Waals surface area contributed by atoms with Crippen molar-refractivity contribution in [2.24, 2.45) is 5.92 Å². The van der Waals surface area contributed by atoms with Crippen molar-refractivity contribution in [2.75, 3.05) is 6.61 Å². The second kappa shape index (κ2) is 6.20. The van der Waals surface area contributed by atoms with Gasteiger partial charge in [0.2, 0.25) is 0 Å². The highest BCUT2D eigenvalue weighted by Crippen LogP contribution is 2.27. The van der Waals surface area contributed by atoms with Crippen molar-refractivity contribution in [3.05, 3.63) is 0 Å². The Labute approximate surface area is 107 Å². The van der Waals surface area contributed by atoms with Crippen LogP contribution in [0.2, 0.25) is 0 Å². The molecule has 1 N–H and O–H groups in total. The van der Waals surface area contributed by atoms with E-state index in [0.717, 1.165) is 0 Å². The van der Waals surface area contributed by atoms with Crippen molar-refractivity contribution < 1.29 is 28.9 Å². The van der Waals surface area contributed by atoms with Crippen molar-refractivity contribution in [3.63, 3.8) is 0 Å². The Morgan fingerprint density at radius 2 is 1.94 bits per heavy atom. The molecule has 0 spiro atoms. The second-order valence-corrected chi connectivity index (χ2v) is 4.61. The number of rotatable bonds is 3. The highest BCUT2D eigenvalue weighted by molar-refractivity contribution is 6.11. The number of hydrogen-bond donors (Lipinski definition) is 1. The number of ether oxygens (including phenoxy) is 3. The lowest BCUT2D eigenvalue weighted by Gasteiger charge is -2.41. The Kier molecular flexibility index (Phi) is 5.16. The standard InChI is InChI=1S/C11H19BO6/c1-5-8(4-16-6(2)13)18-11(12)10(9(5)15)17-7(3)14/h5,8-11,15H,4,12H2,1-3H3/t5-,8-,9+,10-,11+/m1/s1. The summed E-state index contributed by atoms with van der Waals surface area (Å²) in [5.74, 6) is -1.14. The first kappa shape index (κ1) is 15.0. The molecule has 1 fully saturated rings. The Bertz CT molecular complexity index is 319. The van der Waals surface area contributed by atoms with Gasteiger partial charge in [0.25, 0.3) is 0 Å². The van der Waals surface area contributed by atoms with Crippen molar-refractivity contribution in [3.8, 4) is 0 Å². The smallest absolute Gasteiger partial charge is 0.303 e. The van der Waals surface area contributed by atoms with Crippen LogP contribution in [0, 0.1) is 5.92 Å². The molecule has 102 valence electrons. The summed E-state index contributed by atoms with van der Waals surface area (Å²) >= 11 is 0. The molecule has 1 rings (SSSR count). The number of aliphatic hydroxyl groups excluding tert-OH is 1. The molecule has 7 heteroatoms. The SMILES string of the molecule is B[C@H]1O[C@H](COC(C)=O)[C@@H](C)[C@H](O)[C@H]1OC(C)=O. The Morgan fingerprint density at radius 1 is 1.33 bits per heavy atom. The quantitative estimate of drug-likeness (QED) is 0.507. The average molecular weight is 258 g/mol. The molecule has 0 radical (unpaired) electrons. The van der Waals surface area contributed by atoms with E-state index < -0.39 is 36.3 Å². The predicted molar refractivity (Wildman–Crippen MR) is 64.6 cm³/mol. The maximum absolute atomic E-state index is 10.9. The molecule has 0 aromatic carbocycles. The van der Waals surface area contributed by atoms with Gasteiger partial charge in [0.15, 0.2) is 0 Å². The molecule has 1 saturated heterocycles. The molecular formula is C11H19BO6. The third-order valence-electron chi connectivity index (χ3n) is 3.07. The fourth-order valence-corrected chi connectivity index (χ4v) is 2.02. The summed E-state index contributed by atoms with van der Waals surface area (Å²) < 4.78 is 15.5. The van der Waals surface area contributed by atoms with Crippen LogP contribution >= 0.6 is 0 Å². The van der Waals surface area contributed by atoms with Gasteiger partial charge >= 0.3 is 11.9 Å². The minimum absolute atomic E-state index is 0.0880. The van der Waals surface area contributed by atoms with E-state index in [1.807, 2.05) is 0 Å². The summed E-state index contributed by atoms with van der Waals surface area (Å²) in [6.45, 7) is 4.45. The van der Waals surface area contributed by atoms with Gasteiger partial charge in [-0.05, 0) is 0 Å². The summed E-state index contributed by atoms with van der Waals surface area (Å²) in [4.78, 5) is 21.7.